The van der Waals surface area contributed by atoms with E-state index < -0.39 is 5.97 Å². The van der Waals surface area contributed by atoms with Crippen LogP contribution in [-0.4, -0.2) is 17.6 Å². The van der Waals surface area contributed by atoms with Crippen LogP contribution >= 0.6 is 15.9 Å². The van der Waals surface area contributed by atoms with Crippen molar-refractivity contribution in [1.82, 2.24) is 0 Å². The Labute approximate surface area is 125 Å². The lowest BCUT2D eigenvalue weighted by Gasteiger charge is -2.05. The van der Waals surface area contributed by atoms with E-state index in [9.17, 15) is 9.59 Å². The number of carbonyl (C=O) groups is 2. The van der Waals surface area contributed by atoms with E-state index in [-0.39, 0.29) is 0 Å². The van der Waals surface area contributed by atoms with Gasteiger partial charge in [-0.1, -0.05) is 28.1 Å². The molecule has 0 aliphatic heterocycles. The lowest BCUT2D eigenvalue weighted by atomic mass is 10.1. The van der Waals surface area contributed by atoms with Gasteiger partial charge in [0.1, 0.15) is 12.0 Å². The Balaban J connectivity index is 2.04. The van der Waals surface area contributed by atoms with Crippen LogP contribution in [0.3, 0.4) is 0 Å². The minimum atomic E-state index is -0.408. The maximum atomic E-state index is 11.9. The molecule has 0 aliphatic rings. The van der Waals surface area contributed by atoms with Crippen LogP contribution in [0.2, 0.25) is 0 Å². The molecule has 0 amide bonds. The molecule has 0 fully saturated rings. The Morgan fingerprint density at radius 3 is 2.25 bits per heavy atom. The minimum Gasteiger partial charge on any atom is -0.423 e. The fraction of sp³-hybridized carbons (Fsp3) is 0.125. The molecule has 0 N–H and O–H groups in total. The summed E-state index contributed by atoms with van der Waals surface area (Å²) in [6, 6.07) is 13.7. The molecule has 0 bridgehead atoms. The number of esters is 1. The van der Waals surface area contributed by atoms with Crippen molar-refractivity contribution >= 4 is 28.2 Å². The average Bonchev–Trinajstić information content (AvgIpc) is 2.49. The molecule has 2 rings (SSSR count). The smallest absolute Gasteiger partial charge is 0.343 e. The van der Waals surface area contributed by atoms with Crippen LogP contribution in [0.15, 0.2) is 48.5 Å². The second kappa shape index (κ2) is 7.01. The molecule has 2 aromatic carbocycles. The van der Waals surface area contributed by atoms with Crippen molar-refractivity contribution in [2.75, 3.05) is 5.33 Å². The molecule has 0 unspecified atom stereocenters. The molecule has 0 radical (unpaired) electrons. The Hall–Kier alpha value is -1.94. The summed E-state index contributed by atoms with van der Waals surface area (Å²) >= 11 is 3.37. The summed E-state index contributed by atoms with van der Waals surface area (Å²) < 4.78 is 5.24. The van der Waals surface area contributed by atoms with Crippen LogP contribution in [0, 0.1) is 0 Å². The lowest BCUT2D eigenvalue weighted by molar-refractivity contribution is 0.0734. The molecule has 0 heterocycles. The molecule has 2 aromatic rings. The highest BCUT2D eigenvalue weighted by molar-refractivity contribution is 9.09. The quantitative estimate of drug-likeness (QED) is 0.363. The van der Waals surface area contributed by atoms with Gasteiger partial charge in [-0.3, -0.25) is 4.79 Å². The standard InChI is InChI=1S/C16H13BrO3/c17-10-9-12-1-5-14(6-2-12)16(19)20-15-7-3-13(11-18)4-8-15/h1-8,11H,9-10H2. The summed E-state index contributed by atoms with van der Waals surface area (Å²) in [5.74, 6) is 0.0133. The first-order valence-corrected chi connectivity index (χ1v) is 7.27. The summed E-state index contributed by atoms with van der Waals surface area (Å²) in [7, 11) is 0. The van der Waals surface area contributed by atoms with Gasteiger partial charge in [-0.2, -0.15) is 0 Å². The van der Waals surface area contributed by atoms with Gasteiger partial charge in [0.05, 0.1) is 5.56 Å². The van der Waals surface area contributed by atoms with Crippen LogP contribution in [0.25, 0.3) is 0 Å². The first-order valence-electron chi connectivity index (χ1n) is 6.15. The number of ether oxygens (including phenoxy) is 1. The van der Waals surface area contributed by atoms with Crippen LogP contribution in [0.1, 0.15) is 26.3 Å². The molecular weight excluding hydrogens is 320 g/mol. The number of hydrogen-bond acceptors (Lipinski definition) is 3. The van der Waals surface area contributed by atoms with Gasteiger partial charge in [0.15, 0.2) is 0 Å². The zero-order chi connectivity index (χ0) is 14.4. The van der Waals surface area contributed by atoms with E-state index in [0.29, 0.717) is 16.9 Å². The molecule has 102 valence electrons. The van der Waals surface area contributed by atoms with Gasteiger partial charge < -0.3 is 4.74 Å². The van der Waals surface area contributed by atoms with Gasteiger partial charge in [0.2, 0.25) is 0 Å². The fourth-order valence-electron chi connectivity index (χ4n) is 1.70. The highest BCUT2D eigenvalue weighted by Crippen LogP contribution is 2.14. The number of halogens is 1. The van der Waals surface area contributed by atoms with Gasteiger partial charge in [0.25, 0.3) is 0 Å². The molecule has 0 aromatic heterocycles. The molecule has 0 aliphatic carbocycles. The first-order chi connectivity index (χ1) is 9.72. The number of hydrogen-bond donors (Lipinski definition) is 0. The predicted molar refractivity (Wildman–Crippen MR) is 80.7 cm³/mol. The van der Waals surface area contributed by atoms with E-state index >= 15 is 0 Å². The number of rotatable bonds is 5. The van der Waals surface area contributed by atoms with E-state index in [1.165, 1.54) is 0 Å². The molecule has 3 nitrogen and oxygen atoms in total. The SMILES string of the molecule is O=Cc1ccc(OC(=O)c2ccc(CCBr)cc2)cc1. The monoisotopic (exact) mass is 332 g/mol. The Morgan fingerprint density at radius 1 is 1.05 bits per heavy atom. The molecule has 0 saturated heterocycles. The van der Waals surface area contributed by atoms with Crippen molar-refractivity contribution in [2.24, 2.45) is 0 Å². The van der Waals surface area contributed by atoms with Crippen molar-refractivity contribution in [3.05, 3.63) is 65.2 Å². The van der Waals surface area contributed by atoms with E-state index in [1.807, 2.05) is 12.1 Å². The van der Waals surface area contributed by atoms with Crippen LogP contribution in [0.4, 0.5) is 0 Å². The third-order valence-corrected chi connectivity index (χ3v) is 3.20. The zero-order valence-electron chi connectivity index (χ0n) is 10.7. The summed E-state index contributed by atoms with van der Waals surface area (Å²) in [5, 5.41) is 0.889. The summed E-state index contributed by atoms with van der Waals surface area (Å²) in [5.41, 5.74) is 2.21. The number of benzene rings is 2. The summed E-state index contributed by atoms with van der Waals surface area (Å²) in [6.45, 7) is 0. The van der Waals surface area contributed by atoms with Gasteiger partial charge in [-0.25, -0.2) is 4.79 Å². The number of carbonyl (C=O) groups excluding carboxylic acids is 2. The maximum Gasteiger partial charge on any atom is 0.343 e. The number of aryl methyl sites for hydroxylation is 1. The largest absolute Gasteiger partial charge is 0.423 e. The minimum absolute atomic E-state index is 0.408. The molecule has 0 spiro atoms. The Bertz CT molecular complexity index is 588. The molecule has 20 heavy (non-hydrogen) atoms. The topological polar surface area (TPSA) is 43.4 Å². The molecule has 4 heteroatoms. The fourth-order valence-corrected chi connectivity index (χ4v) is 2.15. The van der Waals surface area contributed by atoms with E-state index in [4.69, 9.17) is 4.74 Å². The predicted octanol–water partition coefficient (Wildman–Crippen LogP) is 3.66. The van der Waals surface area contributed by atoms with Gasteiger partial charge in [-0.05, 0) is 48.4 Å². The third kappa shape index (κ3) is 3.78. The Morgan fingerprint density at radius 2 is 1.70 bits per heavy atom. The van der Waals surface area contributed by atoms with Crippen LogP contribution in [0.5, 0.6) is 5.75 Å². The molecular formula is C16H13BrO3. The number of aldehydes is 1. The van der Waals surface area contributed by atoms with Gasteiger partial charge in [-0.15, -0.1) is 0 Å². The van der Waals surface area contributed by atoms with Crippen LogP contribution in [-0.2, 0) is 6.42 Å². The molecule has 0 saturated carbocycles. The first kappa shape index (κ1) is 14.5. The maximum absolute atomic E-state index is 11.9. The van der Waals surface area contributed by atoms with E-state index in [0.717, 1.165) is 23.6 Å². The van der Waals surface area contributed by atoms with E-state index in [2.05, 4.69) is 15.9 Å². The number of alkyl halides is 1. The lowest BCUT2D eigenvalue weighted by Crippen LogP contribution is -2.08. The highest BCUT2D eigenvalue weighted by atomic mass is 79.9. The van der Waals surface area contributed by atoms with Crippen molar-refractivity contribution in [2.45, 2.75) is 6.42 Å². The van der Waals surface area contributed by atoms with E-state index in [1.54, 1.807) is 36.4 Å². The van der Waals surface area contributed by atoms with Crippen LogP contribution < -0.4 is 4.74 Å². The van der Waals surface area contributed by atoms with Crippen molar-refractivity contribution in [1.29, 1.82) is 0 Å². The third-order valence-electron chi connectivity index (χ3n) is 2.80. The summed E-state index contributed by atoms with van der Waals surface area (Å²) in [4.78, 5) is 22.5. The summed E-state index contributed by atoms with van der Waals surface area (Å²) in [6.07, 6.45) is 1.66. The van der Waals surface area contributed by atoms with Gasteiger partial charge >= 0.3 is 5.97 Å². The van der Waals surface area contributed by atoms with Crippen molar-refractivity contribution in [3.8, 4) is 5.75 Å². The highest BCUT2D eigenvalue weighted by Gasteiger charge is 2.08. The zero-order valence-corrected chi connectivity index (χ0v) is 12.3. The Kier molecular flexibility index (Phi) is 5.07. The molecule has 0 atom stereocenters. The normalized spacial score (nSPS) is 10.1. The van der Waals surface area contributed by atoms with Gasteiger partial charge in [0, 0.05) is 10.9 Å². The average molecular weight is 333 g/mol. The second-order valence-corrected chi connectivity index (χ2v) is 5.01. The van der Waals surface area contributed by atoms with Crippen molar-refractivity contribution in [3.63, 3.8) is 0 Å². The second-order valence-electron chi connectivity index (χ2n) is 4.21. The van der Waals surface area contributed by atoms with Crippen molar-refractivity contribution < 1.29 is 14.3 Å².